The van der Waals surface area contributed by atoms with Crippen molar-refractivity contribution in [3.8, 4) is 0 Å². The van der Waals surface area contributed by atoms with E-state index < -0.39 is 0 Å². The summed E-state index contributed by atoms with van der Waals surface area (Å²) in [4.78, 5) is 2.23. The SMILES string of the molecule is C=C1c2ccccc2C(C)=CN1Cc1ccccc1. The van der Waals surface area contributed by atoms with Gasteiger partial charge >= 0.3 is 0 Å². The van der Waals surface area contributed by atoms with E-state index in [9.17, 15) is 0 Å². The van der Waals surface area contributed by atoms with Gasteiger partial charge in [-0.1, -0.05) is 61.2 Å². The topological polar surface area (TPSA) is 3.24 Å². The van der Waals surface area contributed by atoms with Crippen LogP contribution in [0.4, 0.5) is 0 Å². The molecule has 0 unspecified atom stereocenters. The Labute approximate surface area is 114 Å². The molecule has 0 aliphatic carbocycles. The van der Waals surface area contributed by atoms with Crippen LogP contribution in [0.1, 0.15) is 23.6 Å². The number of hydrogen-bond acceptors (Lipinski definition) is 1. The third-order valence-corrected chi connectivity index (χ3v) is 3.55. The molecule has 0 atom stereocenters. The van der Waals surface area contributed by atoms with Gasteiger partial charge in [-0.15, -0.1) is 0 Å². The summed E-state index contributed by atoms with van der Waals surface area (Å²) in [6, 6.07) is 19.0. The lowest BCUT2D eigenvalue weighted by molar-refractivity contribution is 0.524. The second kappa shape index (κ2) is 4.77. The van der Waals surface area contributed by atoms with Crippen LogP contribution in [0.5, 0.6) is 0 Å². The standard InChI is InChI=1S/C18H17N/c1-14-12-19(13-16-8-4-3-5-9-16)15(2)18-11-7-6-10-17(14)18/h3-12H,2,13H2,1H3. The van der Waals surface area contributed by atoms with Crippen molar-refractivity contribution in [2.75, 3.05) is 0 Å². The quantitative estimate of drug-likeness (QED) is 0.753. The van der Waals surface area contributed by atoms with Crippen molar-refractivity contribution in [1.29, 1.82) is 0 Å². The highest BCUT2D eigenvalue weighted by molar-refractivity contribution is 5.81. The average molecular weight is 247 g/mol. The molecule has 19 heavy (non-hydrogen) atoms. The van der Waals surface area contributed by atoms with Gasteiger partial charge in [0, 0.05) is 24.0 Å². The molecule has 3 rings (SSSR count). The van der Waals surface area contributed by atoms with Gasteiger partial charge in [-0.05, 0) is 23.6 Å². The number of hydrogen-bond donors (Lipinski definition) is 0. The minimum Gasteiger partial charge on any atom is -0.343 e. The third kappa shape index (κ3) is 2.19. The highest BCUT2D eigenvalue weighted by Crippen LogP contribution is 2.33. The molecule has 1 heterocycles. The lowest BCUT2D eigenvalue weighted by Crippen LogP contribution is -2.19. The first-order chi connectivity index (χ1) is 9.25. The van der Waals surface area contributed by atoms with Gasteiger partial charge in [-0.25, -0.2) is 0 Å². The smallest absolute Gasteiger partial charge is 0.0476 e. The number of nitrogens with zero attached hydrogens (tertiary/aromatic N) is 1. The molecule has 1 aliphatic heterocycles. The predicted octanol–water partition coefficient (Wildman–Crippen LogP) is 4.53. The van der Waals surface area contributed by atoms with Crippen molar-refractivity contribution in [1.82, 2.24) is 4.90 Å². The van der Waals surface area contributed by atoms with Gasteiger partial charge < -0.3 is 4.90 Å². The van der Waals surface area contributed by atoms with Crippen LogP contribution in [0.15, 0.2) is 67.4 Å². The molecule has 0 saturated carbocycles. The Balaban J connectivity index is 1.94. The van der Waals surface area contributed by atoms with Gasteiger partial charge in [0.05, 0.1) is 0 Å². The van der Waals surface area contributed by atoms with Crippen LogP contribution in [0.3, 0.4) is 0 Å². The summed E-state index contributed by atoms with van der Waals surface area (Å²) in [6.45, 7) is 7.27. The van der Waals surface area contributed by atoms with E-state index in [-0.39, 0.29) is 0 Å². The first-order valence-electron chi connectivity index (χ1n) is 6.53. The zero-order valence-corrected chi connectivity index (χ0v) is 11.1. The van der Waals surface area contributed by atoms with Crippen LogP contribution < -0.4 is 0 Å². The van der Waals surface area contributed by atoms with Gasteiger partial charge in [0.2, 0.25) is 0 Å². The van der Waals surface area contributed by atoms with Crippen molar-refractivity contribution in [2.24, 2.45) is 0 Å². The van der Waals surface area contributed by atoms with Crippen molar-refractivity contribution >= 4 is 11.3 Å². The van der Waals surface area contributed by atoms with Crippen molar-refractivity contribution in [3.63, 3.8) is 0 Å². The summed E-state index contributed by atoms with van der Waals surface area (Å²) < 4.78 is 0. The van der Waals surface area contributed by atoms with Crippen molar-refractivity contribution < 1.29 is 0 Å². The number of rotatable bonds is 2. The van der Waals surface area contributed by atoms with Crippen molar-refractivity contribution in [2.45, 2.75) is 13.5 Å². The van der Waals surface area contributed by atoms with Crippen LogP contribution in [0.2, 0.25) is 0 Å². The van der Waals surface area contributed by atoms with Crippen LogP contribution in [0, 0.1) is 0 Å². The number of allylic oxidation sites excluding steroid dienone is 1. The highest BCUT2D eigenvalue weighted by atomic mass is 15.1. The minimum absolute atomic E-state index is 0.866. The van der Waals surface area contributed by atoms with E-state index in [1.54, 1.807) is 0 Å². The lowest BCUT2D eigenvalue weighted by atomic mass is 9.95. The predicted molar refractivity (Wildman–Crippen MR) is 81.1 cm³/mol. The van der Waals surface area contributed by atoms with E-state index >= 15 is 0 Å². The van der Waals surface area contributed by atoms with Gasteiger partial charge in [0.1, 0.15) is 0 Å². The molecular formula is C18H17N. The van der Waals surface area contributed by atoms with Crippen molar-refractivity contribution in [3.05, 3.63) is 84.1 Å². The Morgan fingerprint density at radius 3 is 2.26 bits per heavy atom. The molecule has 94 valence electrons. The fourth-order valence-electron chi connectivity index (χ4n) is 2.54. The highest BCUT2D eigenvalue weighted by Gasteiger charge is 2.17. The van der Waals surface area contributed by atoms with E-state index in [4.69, 9.17) is 0 Å². The molecule has 0 N–H and O–H groups in total. The minimum atomic E-state index is 0.866. The van der Waals surface area contributed by atoms with Gasteiger partial charge in [-0.3, -0.25) is 0 Å². The van der Waals surface area contributed by atoms with Gasteiger partial charge in [0.15, 0.2) is 0 Å². The molecule has 0 bridgehead atoms. The molecule has 0 fully saturated rings. The first kappa shape index (κ1) is 11.8. The molecule has 2 aromatic rings. The van der Waals surface area contributed by atoms with Crippen LogP contribution >= 0.6 is 0 Å². The Morgan fingerprint density at radius 1 is 0.895 bits per heavy atom. The molecule has 0 saturated heterocycles. The number of fused-ring (bicyclic) bond motifs is 1. The second-order valence-electron chi connectivity index (χ2n) is 4.92. The summed E-state index contributed by atoms with van der Waals surface area (Å²) in [5.74, 6) is 0. The zero-order valence-electron chi connectivity index (χ0n) is 11.1. The lowest BCUT2D eigenvalue weighted by Gasteiger charge is -2.30. The largest absolute Gasteiger partial charge is 0.343 e. The molecule has 1 heteroatoms. The van der Waals surface area contributed by atoms with Crippen LogP contribution in [-0.4, -0.2) is 4.90 Å². The fraction of sp³-hybridized carbons (Fsp3) is 0.111. The molecule has 0 spiro atoms. The molecule has 2 aromatic carbocycles. The summed E-state index contributed by atoms with van der Waals surface area (Å²) in [7, 11) is 0. The van der Waals surface area contributed by atoms with E-state index in [0.717, 1.165) is 12.2 Å². The van der Waals surface area contributed by atoms with Gasteiger partial charge in [-0.2, -0.15) is 0 Å². The zero-order chi connectivity index (χ0) is 13.2. The average Bonchev–Trinajstić information content (AvgIpc) is 2.46. The fourth-order valence-corrected chi connectivity index (χ4v) is 2.54. The molecule has 0 radical (unpaired) electrons. The molecular weight excluding hydrogens is 230 g/mol. The molecule has 0 amide bonds. The van der Waals surface area contributed by atoms with E-state index in [2.05, 4.69) is 73.1 Å². The summed E-state index contributed by atoms with van der Waals surface area (Å²) in [5, 5.41) is 0. The Kier molecular flexibility index (Phi) is 2.96. The maximum absolute atomic E-state index is 4.25. The normalized spacial score (nSPS) is 14.1. The first-order valence-corrected chi connectivity index (χ1v) is 6.53. The summed E-state index contributed by atoms with van der Waals surface area (Å²) in [6.07, 6.45) is 2.19. The monoisotopic (exact) mass is 247 g/mol. The van der Waals surface area contributed by atoms with E-state index in [1.807, 2.05) is 6.07 Å². The molecule has 1 aliphatic rings. The van der Waals surface area contributed by atoms with E-state index in [0.29, 0.717) is 0 Å². The van der Waals surface area contributed by atoms with E-state index in [1.165, 1.54) is 22.3 Å². The maximum Gasteiger partial charge on any atom is 0.0476 e. The van der Waals surface area contributed by atoms with Gasteiger partial charge in [0.25, 0.3) is 0 Å². The van der Waals surface area contributed by atoms with Crippen LogP contribution in [-0.2, 0) is 6.54 Å². The molecule has 1 nitrogen and oxygen atoms in total. The summed E-state index contributed by atoms with van der Waals surface area (Å²) in [5.41, 5.74) is 6.19. The second-order valence-corrected chi connectivity index (χ2v) is 4.92. The number of benzene rings is 2. The Morgan fingerprint density at radius 2 is 1.53 bits per heavy atom. The third-order valence-electron chi connectivity index (χ3n) is 3.55. The molecule has 0 aromatic heterocycles. The summed E-state index contributed by atoms with van der Waals surface area (Å²) >= 11 is 0. The Hall–Kier alpha value is -2.28. The van der Waals surface area contributed by atoms with Crippen LogP contribution in [0.25, 0.3) is 11.3 Å². The maximum atomic E-state index is 4.25. The Bertz CT molecular complexity index is 638.